The smallest absolute Gasteiger partial charge is 0.418 e. The highest BCUT2D eigenvalue weighted by Gasteiger charge is 2.42. The molecule has 1 aromatic heterocycles. The van der Waals surface area contributed by atoms with Crippen LogP contribution < -0.4 is 4.57 Å². The van der Waals surface area contributed by atoms with Gasteiger partial charge in [0.25, 0.3) is 6.33 Å². The van der Waals surface area contributed by atoms with Gasteiger partial charge in [0.15, 0.2) is 5.54 Å². The molecular weight excluding hydrogens is 391 g/mol. The van der Waals surface area contributed by atoms with E-state index in [1.165, 1.54) is 16.7 Å². The van der Waals surface area contributed by atoms with Crippen molar-refractivity contribution < 1.29 is 21.8 Å². The molecule has 1 heterocycles. The molecular formula is C23H19BF4N2. The Kier molecular flexibility index (Phi) is 6.62. The second-order valence-corrected chi connectivity index (χ2v) is 6.47. The molecule has 0 aliphatic heterocycles. The Morgan fingerprint density at radius 2 is 0.967 bits per heavy atom. The summed E-state index contributed by atoms with van der Waals surface area (Å²) >= 11 is 0. The number of halogens is 4. The largest absolute Gasteiger partial charge is 0.673 e. The van der Waals surface area contributed by atoms with Crippen molar-refractivity contribution in [3.05, 3.63) is 132 Å². The van der Waals surface area contributed by atoms with Crippen LogP contribution in [0.15, 0.2) is 116 Å². The molecule has 0 spiro atoms. The predicted octanol–water partition coefficient (Wildman–Crippen LogP) is 5.51. The van der Waals surface area contributed by atoms with Crippen molar-refractivity contribution in [2.24, 2.45) is 0 Å². The van der Waals surface area contributed by atoms with Gasteiger partial charge in [0.05, 0.1) is 6.20 Å². The zero-order chi connectivity index (χ0) is 21.5. The molecule has 3 aromatic carbocycles. The average Bonchev–Trinajstić information content (AvgIpc) is 2.76. The Balaban J connectivity index is 0.000000461. The number of rotatable bonds is 4. The van der Waals surface area contributed by atoms with Gasteiger partial charge < -0.3 is 17.3 Å². The zero-order valence-electron chi connectivity index (χ0n) is 16.0. The second kappa shape index (κ2) is 9.35. The van der Waals surface area contributed by atoms with Crippen molar-refractivity contribution in [3.8, 4) is 0 Å². The molecule has 152 valence electrons. The summed E-state index contributed by atoms with van der Waals surface area (Å²) in [5, 5.41) is 0. The highest BCUT2D eigenvalue weighted by Crippen LogP contribution is 2.35. The van der Waals surface area contributed by atoms with E-state index in [1.54, 1.807) is 0 Å². The third-order valence-electron chi connectivity index (χ3n) is 4.57. The molecule has 4 rings (SSSR count). The van der Waals surface area contributed by atoms with Crippen molar-refractivity contribution in [1.82, 2.24) is 4.98 Å². The molecule has 0 fully saturated rings. The van der Waals surface area contributed by atoms with Crippen molar-refractivity contribution in [3.63, 3.8) is 0 Å². The normalized spacial score (nSPS) is 11.3. The van der Waals surface area contributed by atoms with E-state index >= 15 is 0 Å². The minimum Gasteiger partial charge on any atom is -0.418 e. The lowest BCUT2D eigenvalue weighted by atomic mass is 9.76. The summed E-state index contributed by atoms with van der Waals surface area (Å²) in [6.07, 6.45) is 5.79. The Morgan fingerprint density at radius 3 is 1.27 bits per heavy atom. The van der Waals surface area contributed by atoms with E-state index in [0.717, 1.165) is 0 Å². The number of hydrogen-bond donors (Lipinski definition) is 0. The molecule has 2 nitrogen and oxygen atoms in total. The summed E-state index contributed by atoms with van der Waals surface area (Å²) in [7, 11) is -6.00. The summed E-state index contributed by atoms with van der Waals surface area (Å²) in [4.78, 5) is 4.39. The highest BCUT2D eigenvalue weighted by molar-refractivity contribution is 6.50. The molecule has 0 aliphatic carbocycles. The number of aromatic nitrogens is 2. The van der Waals surface area contributed by atoms with Gasteiger partial charge in [-0.2, -0.15) is 0 Å². The number of hydrogen-bond acceptors (Lipinski definition) is 1. The SMILES string of the molecule is F[B-](F)(F)F.c1ccc(C(c2ccccc2)(c2ccccc2)[n+]2cccnc2)cc1. The summed E-state index contributed by atoms with van der Waals surface area (Å²) in [5.74, 6) is 0. The van der Waals surface area contributed by atoms with E-state index < -0.39 is 12.8 Å². The van der Waals surface area contributed by atoms with E-state index in [-0.39, 0.29) is 0 Å². The molecule has 0 radical (unpaired) electrons. The minimum absolute atomic E-state index is 0.474. The summed E-state index contributed by atoms with van der Waals surface area (Å²) in [6, 6.07) is 33.8. The van der Waals surface area contributed by atoms with E-state index in [2.05, 4.69) is 107 Å². The Labute approximate surface area is 172 Å². The molecule has 0 bridgehead atoms. The van der Waals surface area contributed by atoms with Crippen LogP contribution in [0.1, 0.15) is 16.7 Å². The molecule has 30 heavy (non-hydrogen) atoms. The van der Waals surface area contributed by atoms with Gasteiger partial charge in [-0.15, -0.1) is 0 Å². The predicted molar refractivity (Wildman–Crippen MR) is 109 cm³/mol. The van der Waals surface area contributed by atoms with E-state index in [0.29, 0.717) is 0 Å². The third-order valence-corrected chi connectivity index (χ3v) is 4.57. The van der Waals surface area contributed by atoms with Crippen LogP contribution in [0.25, 0.3) is 0 Å². The van der Waals surface area contributed by atoms with Gasteiger partial charge in [-0.05, 0) is 0 Å². The minimum atomic E-state index is -6.00. The molecule has 0 saturated carbocycles. The molecule has 0 N–H and O–H groups in total. The fourth-order valence-corrected chi connectivity index (χ4v) is 3.51. The molecule has 7 heteroatoms. The standard InChI is InChI=1S/C23H19N2.BF4/c1-4-11-20(12-5-1)23(21-13-6-2-7-14-21,22-15-8-3-9-16-22)25-18-10-17-24-19-25;2-1(3,4)5/h1-19H;/q+1;-1. The summed E-state index contributed by atoms with van der Waals surface area (Å²) in [5.41, 5.74) is 3.12. The van der Waals surface area contributed by atoms with E-state index in [4.69, 9.17) is 0 Å². The Morgan fingerprint density at radius 1 is 0.600 bits per heavy atom. The quantitative estimate of drug-likeness (QED) is 0.188. The van der Waals surface area contributed by atoms with E-state index in [1.807, 2.05) is 18.6 Å². The van der Waals surface area contributed by atoms with Gasteiger partial charge in [-0.1, -0.05) is 96.0 Å². The van der Waals surface area contributed by atoms with Crippen LogP contribution >= 0.6 is 0 Å². The van der Waals surface area contributed by atoms with Crippen LogP contribution in [0, 0.1) is 0 Å². The maximum atomic E-state index is 9.75. The van der Waals surface area contributed by atoms with E-state index in [9.17, 15) is 17.3 Å². The zero-order valence-corrected chi connectivity index (χ0v) is 16.0. The van der Waals surface area contributed by atoms with Crippen molar-refractivity contribution in [2.75, 3.05) is 0 Å². The van der Waals surface area contributed by atoms with Gasteiger partial charge in [-0.3, -0.25) is 0 Å². The van der Waals surface area contributed by atoms with Gasteiger partial charge in [-0.25, -0.2) is 4.57 Å². The average molecular weight is 410 g/mol. The molecule has 0 atom stereocenters. The monoisotopic (exact) mass is 410 g/mol. The van der Waals surface area contributed by atoms with Crippen LogP contribution in [-0.2, 0) is 5.54 Å². The first-order valence-corrected chi connectivity index (χ1v) is 9.28. The van der Waals surface area contributed by atoms with Crippen LogP contribution in [0.5, 0.6) is 0 Å². The third kappa shape index (κ3) is 4.92. The molecule has 4 aromatic rings. The fourth-order valence-electron chi connectivity index (χ4n) is 3.51. The number of benzene rings is 3. The molecule has 0 saturated heterocycles. The van der Waals surface area contributed by atoms with Crippen molar-refractivity contribution >= 4 is 7.25 Å². The van der Waals surface area contributed by atoms with Crippen LogP contribution in [0.2, 0.25) is 0 Å². The maximum absolute atomic E-state index is 9.75. The second-order valence-electron chi connectivity index (χ2n) is 6.47. The van der Waals surface area contributed by atoms with Crippen LogP contribution in [0.3, 0.4) is 0 Å². The summed E-state index contributed by atoms with van der Waals surface area (Å²) < 4.78 is 41.2. The van der Waals surface area contributed by atoms with Gasteiger partial charge in [0.2, 0.25) is 0 Å². The van der Waals surface area contributed by atoms with Gasteiger partial charge in [0, 0.05) is 22.8 Å². The van der Waals surface area contributed by atoms with Crippen molar-refractivity contribution in [1.29, 1.82) is 0 Å². The molecule has 0 amide bonds. The first-order chi connectivity index (χ1) is 14.4. The van der Waals surface area contributed by atoms with Crippen LogP contribution in [-0.4, -0.2) is 12.2 Å². The number of nitrogens with zero attached hydrogens (tertiary/aromatic N) is 2. The highest BCUT2D eigenvalue weighted by atomic mass is 19.5. The molecule has 0 unspecified atom stereocenters. The molecule has 0 aliphatic rings. The van der Waals surface area contributed by atoms with Crippen LogP contribution in [0.4, 0.5) is 17.3 Å². The Hall–Kier alpha value is -3.48. The lowest BCUT2D eigenvalue weighted by Gasteiger charge is -2.33. The fraction of sp³-hybridized carbons (Fsp3) is 0.0435. The maximum Gasteiger partial charge on any atom is 0.673 e. The summed E-state index contributed by atoms with van der Waals surface area (Å²) in [6.45, 7) is 0. The lowest BCUT2D eigenvalue weighted by Crippen LogP contribution is -2.58. The van der Waals surface area contributed by atoms with Gasteiger partial charge >= 0.3 is 7.25 Å². The first kappa shape index (κ1) is 21.2. The lowest BCUT2D eigenvalue weighted by molar-refractivity contribution is -0.737. The topological polar surface area (TPSA) is 16.8 Å². The van der Waals surface area contributed by atoms with Gasteiger partial charge in [0.1, 0.15) is 6.20 Å². The first-order valence-electron chi connectivity index (χ1n) is 9.28. The van der Waals surface area contributed by atoms with Crippen molar-refractivity contribution in [2.45, 2.75) is 5.54 Å². The Bertz CT molecular complexity index is 859.